The van der Waals surface area contributed by atoms with Crippen molar-refractivity contribution in [2.75, 3.05) is 0 Å². The number of nitrogens with one attached hydrogen (secondary N) is 1. The van der Waals surface area contributed by atoms with E-state index in [1.165, 1.54) is 18.2 Å². The first-order valence-corrected chi connectivity index (χ1v) is 9.57. The van der Waals surface area contributed by atoms with E-state index < -0.39 is 32.6 Å². The lowest BCUT2D eigenvalue weighted by Crippen LogP contribution is -2.33. The number of halogens is 2. The molecule has 0 atom stereocenters. The summed E-state index contributed by atoms with van der Waals surface area (Å²) < 4.78 is 56.0. The van der Waals surface area contributed by atoms with Gasteiger partial charge in [-0.05, 0) is 43.2 Å². The summed E-state index contributed by atoms with van der Waals surface area (Å²) in [5, 5.41) is 2.85. The Morgan fingerprint density at radius 2 is 1.73 bits per heavy atom. The predicted molar refractivity (Wildman–Crippen MR) is 90.3 cm³/mol. The van der Waals surface area contributed by atoms with Crippen LogP contribution in [-0.2, 0) is 10.1 Å². The fourth-order valence-corrected chi connectivity index (χ4v) is 3.82. The number of benzene rings is 2. The molecule has 3 rings (SSSR count). The Hall–Kier alpha value is -2.48. The third-order valence-electron chi connectivity index (χ3n) is 4.20. The van der Waals surface area contributed by atoms with Gasteiger partial charge in [0.25, 0.3) is 5.91 Å². The largest absolute Gasteiger partial charge is 0.378 e. The summed E-state index contributed by atoms with van der Waals surface area (Å²) in [7, 11) is -4.42. The average Bonchev–Trinajstić information content (AvgIpc) is 3.10. The number of hydrogen-bond donors (Lipinski definition) is 1. The number of amides is 1. The lowest BCUT2D eigenvalue weighted by Gasteiger charge is -2.15. The molecule has 1 aliphatic carbocycles. The molecule has 0 saturated heterocycles. The summed E-state index contributed by atoms with van der Waals surface area (Å²) in [6.07, 6.45) is 3.82. The molecule has 2 aromatic rings. The van der Waals surface area contributed by atoms with Crippen LogP contribution in [0.4, 0.5) is 8.78 Å². The molecule has 26 heavy (non-hydrogen) atoms. The van der Waals surface area contributed by atoms with E-state index in [9.17, 15) is 22.0 Å². The van der Waals surface area contributed by atoms with Crippen LogP contribution in [0.2, 0.25) is 0 Å². The van der Waals surface area contributed by atoms with Crippen molar-refractivity contribution in [3.8, 4) is 5.75 Å². The number of hydrogen-bond acceptors (Lipinski definition) is 4. The van der Waals surface area contributed by atoms with E-state index in [0.29, 0.717) is 12.1 Å². The number of carbonyl (C=O) groups excluding carboxylic acids is 1. The molecule has 0 unspecified atom stereocenters. The Morgan fingerprint density at radius 3 is 2.42 bits per heavy atom. The molecule has 1 amide bonds. The van der Waals surface area contributed by atoms with Crippen molar-refractivity contribution in [1.82, 2.24) is 5.32 Å². The molecule has 138 valence electrons. The van der Waals surface area contributed by atoms with Gasteiger partial charge in [-0.1, -0.05) is 25.0 Å². The van der Waals surface area contributed by atoms with Crippen molar-refractivity contribution in [1.29, 1.82) is 0 Å². The lowest BCUT2D eigenvalue weighted by molar-refractivity contribution is 0.0936. The Labute approximate surface area is 150 Å². The monoisotopic (exact) mass is 381 g/mol. The highest BCUT2D eigenvalue weighted by Crippen LogP contribution is 2.25. The third kappa shape index (κ3) is 4.01. The van der Waals surface area contributed by atoms with Gasteiger partial charge in [-0.3, -0.25) is 4.79 Å². The van der Waals surface area contributed by atoms with Crippen LogP contribution in [0.5, 0.6) is 5.75 Å². The maximum atomic E-state index is 13.3. The van der Waals surface area contributed by atoms with Crippen molar-refractivity contribution in [3.63, 3.8) is 0 Å². The maximum absolute atomic E-state index is 13.3. The van der Waals surface area contributed by atoms with Gasteiger partial charge in [0, 0.05) is 6.04 Å². The van der Waals surface area contributed by atoms with Gasteiger partial charge in [0.15, 0.2) is 17.4 Å². The minimum Gasteiger partial charge on any atom is -0.378 e. The van der Waals surface area contributed by atoms with Gasteiger partial charge in [0.2, 0.25) is 0 Å². The average molecular weight is 381 g/mol. The molecular weight excluding hydrogens is 364 g/mol. The highest BCUT2D eigenvalue weighted by atomic mass is 32.2. The molecule has 0 heterocycles. The Bertz CT molecular complexity index is 925. The Balaban J connectivity index is 1.85. The van der Waals surface area contributed by atoms with Crippen molar-refractivity contribution in [2.24, 2.45) is 0 Å². The predicted octanol–water partition coefficient (Wildman–Crippen LogP) is 3.40. The van der Waals surface area contributed by atoms with Gasteiger partial charge in [0.05, 0.1) is 5.56 Å². The number of para-hydroxylation sites is 1. The second-order valence-electron chi connectivity index (χ2n) is 6.06. The maximum Gasteiger partial charge on any atom is 0.339 e. The zero-order valence-electron chi connectivity index (χ0n) is 13.7. The van der Waals surface area contributed by atoms with Crippen LogP contribution in [0.25, 0.3) is 0 Å². The molecule has 0 radical (unpaired) electrons. The first-order chi connectivity index (χ1) is 12.4. The molecule has 0 aromatic heterocycles. The van der Waals surface area contributed by atoms with Gasteiger partial charge in [-0.2, -0.15) is 8.42 Å². The summed E-state index contributed by atoms with van der Waals surface area (Å²) in [6, 6.07) is 8.06. The molecule has 1 N–H and O–H groups in total. The van der Waals surface area contributed by atoms with Gasteiger partial charge >= 0.3 is 10.1 Å². The summed E-state index contributed by atoms with van der Waals surface area (Å²) in [5.74, 6) is -3.08. The molecule has 5 nitrogen and oxygen atoms in total. The molecule has 0 bridgehead atoms. The SMILES string of the molecule is O=C(NC1CCCC1)c1ccccc1OS(=O)(=O)c1ccc(F)c(F)c1. The topological polar surface area (TPSA) is 72.5 Å². The van der Waals surface area contributed by atoms with Crippen molar-refractivity contribution in [3.05, 3.63) is 59.7 Å². The van der Waals surface area contributed by atoms with Gasteiger partial charge < -0.3 is 9.50 Å². The Morgan fingerprint density at radius 1 is 1.04 bits per heavy atom. The minimum absolute atomic E-state index is 0.0540. The van der Waals surface area contributed by atoms with Gasteiger partial charge in [-0.15, -0.1) is 0 Å². The minimum atomic E-state index is -4.42. The number of carbonyl (C=O) groups is 1. The summed E-state index contributed by atoms with van der Waals surface area (Å²) in [6.45, 7) is 0. The first kappa shape index (κ1) is 18.3. The van der Waals surface area contributed by atoms with Crippen LogP contribution in [0.15, 0.2) is 47.4 Å². The molecule has 1 aliphatic rings. The van der Waals surface area contributed by atoms with Gasteiger partial charge in [0.1, 0.15) is 4.90 Å². The highest BCUT2D eigenvalue weighted by Gasteiger charge is 2.24. The number of rotatable bonds is 5. The fourth-order valence-electron chi connectivity index (χ4n) is 2.86. The third-order valence-corrected chi connectivity index (χ3v) is 5.43. The van der Waals surface area contributed by atoms with E-state index in [0.717, 1.165) is 31.7 Å². The van der Waals surface area contributed by atoms with Crippen LogP contribution >= 0.6 is 0 Å². The van der Waals surface area contributed by atoms with E-state index in [-0.39, 0.29) is 17.4 Å². The lowest BCUT2D eigenvalue weighted by atomic mass is 10.1. The summed E-state index contributed by atoms with van der Waals surface area (Å²) >= 11 is 0. The second-order valence-corrected chi connectivity index (χ2v) is 7.61. The molecule has 1 saturated carbocycles. The second kappa shape index (κ2) is 7.41. The van der Waals surface area contributed by atoms with Crippen molar-refractivity contribution in [2.45, 2.75) is 36.6 Å². The van der Waals surface area contributed by atoms with Gasteiger partial charge in [-0.25, -0.2) is 8.78 Å². The van der Waals surface area contributed by atoms with Crippen LogP contribution in [0, 0.1) is 11.6 Å². The standard InChI is InChI=1S/C18H17F2NO4S/c19-15-10-9-13(11-16(15)20)26(23,24)25-17-8-4-3-7-14(17)18(22)21-12-5-1-2-6-12/h3-4,7-12H,1-2,5-6H2,(H,21,22). The van der Waals surface area contributed by atoms with Crippen molar-refractivity contribution >= 4 is 16.0 Å². The summed E-state index contributed by atoms with van der Waals surface area (Å²) in [5.41, 5.74) is 0.0607. The fraction of sp³-hybridized carbons (Fsp3) is 0.278. The normalized spacial score (nSPS) is 15.0. The zero-order chi connectivity index (χ0) is 18.7. The molecule has 1 fully saturated rings. The van der Waals surface area contributed by atoms with E-state index in [2.05, 4.69) is 5.32 Å². The molecule has 2 aromatic carbocycles. The van der Waals surface area contributed by atoms with E-state index >= 15 is 0 Å². The Kier molecular flexibility index (Phi) is 5.22. The van der Waals surface area contributed by atoms with Crippen LogP contribution in [0.1, 0.15) is 36.0 Å². The zero-order valence-corrected chi connectivity index (χ0v) is 14.6. The first-order valence-electron chi connectivity index (χ1n) is 8.16. The van der Waals surface area contributed by atoms with E-state index in [4.69, 9.17) is 4.18 Å². The van der Waals surface area contributed by atoms with E-state index in [1.54, 1.807) is 6.07 Å². The van der Waals surface area contributed by atoms with E-state index in [1.807, 2.05) is 0 Å². The molecule has 8 heteroatoms. The highest BCUT2D eigenvalue weighted by molar-refractivity contribution is 7.87. The van der Waals surface area contributed by atoms with Crippen molar-refractivity contribution < 1.29 is 26.2 Å². The van der Waals surface area contributed by atoms with Crippen LogP contribution in [0.3, 0.4) is 0 Å². The molecular formula is C18H17F2NO4S. The van der Waals surface area contributed by atoms with Crippen LogP contribution < -0.4 is 9.50 Å². The smallest absolute Gasteiger partial charge is 0.339 e. The van der Waals surface area contributed by atoms with Crippen LogP contribution in [-0.4, -0.2) is 20.4 Å². The summed E-state index contributed by atoms with van der Waals surface area (Å²) in [4.78, 5) is 11.9. The molecule has 0 aliphatic heterocycles. The molecule has 0 spiro atoms. The quantitative estimate of drug-likeness (QED) is 0.806.